The maximum atomic E-state index is 13.1. The molecule has 1 aliphatic rings. The zero-order valence-electron chi connectivity index (χ0n) is 15.1. The van der Waals surface area contributed by atoms with Gasteiger partial charge in [-0.1, -0.05) is 34.9 Å². The van der Waals surface area contributed by atoms with Gasteiger partial charge in [-0.3, -0.25) is 14.9 Å². The Morgan fingerprint density at radius 1 is 1.21 bits per heavy atom. The van der Waals surface area contributed by atoms with E-state index in [1.807, 2.05) is 0 Å². The monoisotopic (exact) mass is 414 g/mol. The number of benzene rings is 2. The van der Waals surface area contributed by atoms with Crippen LogP contribution in [0.1, 0.15) is 23.8 Å². The van der Waals surface area contributed by atoms with Gasteiger partial charge in [-0.05, 0) is 35.9 Å². The van der Waals surface area contributed by atoms with Crippen molar-refractivity contribution in [3.05, 3.63) is 70.8 Å². The molecule has 0 unspecified atom stereocenters. The number of aromatic nitrogens is 2. The van der Waals surface area contributed by atoms with E-state index >= 15 is 0 Å². The molecule has 0 saturated carbocycles. The molecule has 29 heavy (non-hydrogen) atoms. The van der Waals surface area contributed by atoms with Crippen molar-refractivity contribution in [3.8, 4) is 0 Å². The molecule has 9 heteroatoms. The summed E-state index contributed by atoms with van der Waals surface area (Å²) >= 11 is 6.06. The molecule has 0 radical (unpaired) electrons. The van der Waals surface area contributed by atoms with Crippen LogP contribution in [0.25, 0.3) is 0 Å². The van der Waals surface area contributed by atoms with Crippen LogP contribution in [-0.4, -0.2) is 28.6 Å². The first-order chi connectivity index (χ1) is 14.0. The number of carbonyl (C=O) groups is 2. The lowest BCUT2D eigenvalue weighted by Gasteiger charge is -2.15. The highest BCUT2D eigenvalue weighted by Crippen LogP contribution is 2.31. The first-order valence-electron chi connectivity index (χ1n) is 8.92. The average Bonchev–Trinajstić information content (AvgIpc) is 3.31. The second-order valence-corrected chi connectivity index (χ2v) is 7.05. The number of halogens is 2. The zero-order valence-corrected chi connectivity index (χ0v) is 15.9. The first-order valence-corrected chi connectivity index (χ1v) is 9.30. The largest absolute Gasteiger partial charge is 0.407 e. The predicted molar refractivity (Wildman–Crippen MR) is 104 cm³/mol. The summed E-state index contributed by atoms with van der Waals surface area (Å²) in [5.41, 5.74) is 1.29. The highest BCUT2D eigenvalue weighted by molar-refractivity contribution is 6.31. The Labute approximate surface area is 170 Å². The van der Waals surface area contributed by atoms with Crippen LogP contribution in [0.4, 0.5) is 16.1 Å². The minimum absolute atomic E-state index is 0.0373. The fourth-order valence-electron chi connectivity index (χ4n) is 3.17. The van der Waals surface area contributed by atoms with Crippen molar-refractivity contribution in [2.75, 3.05) is 16.8 Å². The van der Waals surface area contributed by atoms with Crippen molar-refractivity contribution in [2.24, 2.45) is 0 Å². The molecule has 1 fully saturated rings. The highest BCUT2D eigenvalue weighted by Gasteiger charge is 2.35. The van der Waals surface area contributed by atoms with Crippen LogP contribution in [0.2, 0.25) is 5.02 Å². The highest BCUT2D eigenvalue weighted by atomic mass is 35.5. The Balaban J connectivity index is 1.40. The quantitative estimate of drug-likeness (QED) is 0.689. The molecule has 1 aromatic heterocycles. The lowest BCUT2D eigenvalue weighted by Crippen LogP contribution is -2.24. The summed E-state index contributed by atoms with van der Waals surface area (Å²) in [6.07, 6.45) is 0.254. The van der Waals surface area contributed by atoms with Crippen LogP contribution < -0.4 is 10.2 Å². The van der Waals surface area contributed by atoms with Gasteiger partial charge in [-0.25, -0.2) is 4.39 Å². The second kappa shape index (κ2) is 8.00. The standard InChI is InChI=1S/C20H16ClFN4O3/c21-16-4-2-1-3-12(16)9-17(27)23-20-25-24-19(29-20)13-10-18(28)26(11-13)15-7-5-14(22)6-8-15/h1-8,13H,9-11H2,(H,23,25,27)/t13-/m0/s1. The smallest absolute Gasteiger partial charge is 0.322 e. The van der Waals surface area contributed by atoms with E-state index in [0.29, 0.717) is 22.8 Å². The molecule has 2 amide bonds. The lowest BCUT2D eigenvalue weighted by molar-refractivity contribution is -0.117. The minimum Gasteiger partial charge on any atom is -0.407 e. The maximum Gasteiger partial charge on any atom is 0.322 e. The fourth-order valence-corrected chi connectivity index (χ4v) is 3.37. The van der Waals surface area contributed by atoms with Gasteiger partial charge in [0.1, 0.15) is 5.82 Å². The molecule has 3 aromatic rings. The van der Waals surface area contributed by atoms with Crippen LogP contribution in [0.3, 0.4) is 0 Å². The van der Waals surface area contributed by atoms with Gasteiger partial charge in [-0.2, -0.15) is 0 Å². The topological polar surface area (TPSA) is 88.3 Å². The van der Waals surface area contributed by atoms with Crippen molar-refractivity contribution in [1.82, 2.24) is 10.2 Å². The maximum absolute atomic E-state index is 13.1. The van der Waals surface area contributed by atoms with Crippen molar-refractivity contribution < 1.29 is 18.4 Å². The Kier molecular flexibility index (Phi) is 5.26. The summed E-state index contributed by atoms with van der Waals surface area (Å²) in [4.78, 5) is 26.1. The third-order valence-electron chi connectivity index (χ3n) is 4.61. The van der Waals surface area contributed by atoms with E-state index in [1.54, 1.807) is 41.3 Å². The molecule has 1 N–H and O–H groups in total. The number of rotatable bonds is 5. The van der Waals surface area contributed by atoms with Gasteiger partial charge in [-0.15, -0.1) is 5.10 Å². The molecule has 1 aliphatic heterocycles. The van der Waals surface area contributed by atoms with Crippen molar-refractivity contribution in [2.45, 2.75) is 18.8 Å². The van der Waals surface area contributed by atoms with Gasteiger partial charge >= 0.3 is 6.01 Å². The Morgan fingerprint density at radius 3 is 2.72 bits per heavy atom. The molecule has 0 bridgehead atoms. The minimum atomic E-state index is -0.369. The Hall–Kier alpha value is -3.26. The van der Waals surface area contributed by atoms with Crippen LogP contribution in [0, 0.1) is 5.82 Å². The van der Waals surface area contributed by atoms with E-state index in [1.165, 1.54) is 12.1 Å². The van der Waals surface area contributed by atoms with E-state index in [0.717, 1.165) is 0 Å². The summed E-state index contributed by atoms with van der Waals surface area (Å²) in [6.45, 7) is 0.333. The molecule has 2 heterocycles. The van der Waals surface area contributed by atoms with Crippen LogP contribution >= 0.6 is 11.6 Å². The second-order valence-electron chi connectivity index (χ2n) is 6.64. The molecule has 0 aliphatic carbocycles. The third-order valence-corrected chi connectivity index (χ3v) is 4.98. The number of hydrogen-bond acceptors (Lipinski definition) is 5. The van der Waals surface area contributed by atoms with E-state index < -0.39 is 0 Å². The van der Waals surface area contributed by atoms with Gasteiger partial charge in [0.2, 0.25) is 17.7 Å². The molecule has 1 atom stereocenters. The van der Waals surface area contributed by atoms with E-state index in [2.05, 4.69) is 15.5 Å². The molecule has 2 aromatic carbocycles. The lowest BCUT2D eigenvalue weighted by atomic mass is 10.1. The number of amides is 2. The predicted octanol–water partition coefficient (Wildman–Crippen LogP) is 3.56. The van der Waals surface area contributed by atoms with Crippen LogP contribution in [0.15, 0.2) is 52.9 Å². The summed E-state index contributed by atoms with van der Waals surface area (Å²) in [7, 11) is 0. The van der Waals surface area contributed by atoms with Crippen molar-refractivity contribution in [3.63, 3.8) is 0 Å². The molecule has 148 valence electrons. The van der Waals surface area contributed by atoms with Crippen molar-refractivity contribution >= 4 is 35.1 Å². The van der Waals surface area contributed by atoms with Crippen LogP contribution in [-0.2, 0) is 16.0 Å². The van der Waals surface area contributed by atoms with E-state index in [9.17, 15) is 14.0 Å². The van der Waals surface area contributed by atoms with Gasteiger partial charge in [0.05, 0.1) is 12.3 Å². The summed E-state index contributed by atoms with van der Waals surface area (Å²) in [6, 6.07) is 12.7. The van der Waals surface area contributed by atoms with Crippen molar-refractivity contribution in [1.29, 1.82) is 0 Å². The Bertz CT molecular complexity index is 1050. The number of hydrogen-bond donors (Lipinski definition) is 1. The number of nitrogens with one attached hydrogen (secondary N) is 1. The molecule has 4 rings (SSSR count). The number of anilines is 2. The molecule has 7 nitrogen and oxygen atoms in total. The average molecular weight is 415 g/mol. The van der Waals surface area contributed by atoms with E-state index in [4.69, 9.17) is 16.0 Å². The first kappa shape index (κ1) is 19.1. The fraction of sp³-hybridized carbons (Fsp3) is 0.200. The zero-order chi connectivity index (χ0) is 20.4. The Morgan fingerprint density at radius 2 is 1.97 bits per heavy atom. The normalized spacial score (nSPS) is 16.3. The number of carbonyl (C=O) groups excluding carboxylic acids is 2. The van der Waals surface area contributed by atoms with E-state index in [-0.39, 0.29) is 48.3 Å². The third kappa shape index (κ3) is 4.27. The molecule has 1 saturated heterocycles. The summed E-state index contributed by atoms with van der Waals surface area (Å²) in [5, 5.41) is 10.8. The van der Waals surface area contributed by atoms with Gasteiger partial charge < -0.3 is 9.32 Å². The molecular weight excluding hydrogens is 399 g/mol. The SMILES string of the molecule is O=C(Cc1ccccc1Cl)Nc1nnc([C@H]2CC(=O)N(c3ccc(F)cc3)C2)o1. The molecule has 0 spiro atoms. The number of nitrogens with zero attached hydrogens (tertiary/aromatic N) is 3. The van der Waals surface area contributed by atoms with Gasteiger partial charge in [0, 0.05) is 23.7 Å². The summed E-state index contributed by atoms with van der Waals surface area (Å²) in [5.74, 6) is -0.885. The van der Waals surface area contributed by atoms with Crippen LogP contribution in [0.5, 0.6) is 0 Å². The van der Waals surface area contributed by atoms with Gasteiger partial charge in [0.25, 0.3) is 0 Å². The van der Waals surface area contributed by atoms with Gasteiger partial charge in [0.15, 0.2) is 0 Å². The summed E-state index contributed by atoms with van der Waals surface area (Å²) < 4.78 is 18.6. The molecular formula is C20H16ClFN4O3.